The monoisotopic (exact) mass is 490 g/mol. The Labute approximate surface area is 199 Å². The van der Waals surface area contributed by atoms with Gasteiger partial charge in [0.25, 0.3) is 0 Å². The summed E-state index contributed by atoms with van der Waals surface area (Å²) in [5, 5.41) is 25.7. The zero-order chi connectivity index (χ0) is 25.7. The summed E-state index contributed by atoms with van der Waals surface area (Å²) in [6.07, 6.45) is 1.63. The van der Waals surface area contributed by atoms with Crippen LogP contribution in [0, 0.1) is 11.8 Å². The van der Waals surface area contributed by atoms with Crippen LogP contribution in [0.3, 0.4) is 0 Å². The highest BCUT2D eigenvalue weighted by molar-refractivity contribution is 7.98. The highest BCUT2D eigenvalue weighted by atomic mass is 32.2. The third-order valence-electron chi connectivity index (χ3n) is 4.87. The molecule has 0 radical (unpaired) electrons. The lowest BCUT2D eigenvalue weighted by molar-refractivity contribution is -0.143. The van der Waals surface area contributed by atoms with Crippen LogP contribution < -0.4 is 21.7 Å². The summed E-state index contributed by atoms with van der Waals surface area (Å²) in [5.41, 5.74) is 5.88. The third kappa shape index (κ3) is 12.5. The molecule has 0 aromatic heterocycles. The number of aliphatic carboxylic acids is 2. The van der Waals surface area contributed by atoms with Gasteiger partial charge < -0.3 is 31.9 Å². The molecule has 4 atom stereocenters. The van der Waals surface area contributed by atoms with Crippen molar-refractivity contribution in [3.63, 3.8) is 0 Å². The molecule has 12 heteroatoms. The summed E-state index contributed by atoms with van der Waals surface area (Å²) in [6.45, 7) is 7.33. The van der Waals surface area contributed by atoms with Gasteiger partial charge in [0.1, 0.15) is 18.1 Å². The number of carbonyl (C=O) groups is 5. The van der Waals surface area contributed by atoms with E-state index in [0.29, 0.717) is 12.2 Å². The van der Waals surface area contributed by atoms with Crippen molar-refractivity contribution in [3.8, 4) is 0 Å². The molecular weight excluding hydrogens is 452 g/mol. The van der Waals surface area contributed by atoms with Crippen molar-refractivity contribution in [1.82, 2.24) is 16.0 Å². The van der Waals surface area contributed by atoms with E-state index in [0.717, 1.165) is 0 Å². The normalized spacial score (nSPS) is 14.8. The maximum absolute atomic E-state index is 13.0. The minimum atomic E-state index is -1.41. The van der Waals surface area contributed by atoms with Gasteiger partial charge >= 0.3 is 11.9 Å². The molecule has 0 rings (SSSR count). The molecule has 0 spiro atoms. The number of nitrogens with one attached hydrogen (secondary N) is 3. The molecule has 3 amide bonds. The number of rotatable bonds is 16. The molecule has 0 aliphatic heterocycles. The highest BCUT2D eigenvalue weighted by Crippen LogP contribution is 2.09. The van der Waals surface area contributed by atoms with Gasteiger partial charge in [0.2, 0.25) is 17.7 Å². The molecule has 0 fully saturated rings. The Balaban J connectivity index is 5.47. The molecule has 7 N–H and O–H groups in total. The molecule has 0 heterocycles. The van der Waals surface area contributed by atoms with Gasteiger partial charge in [-0.3, -0.25) is 19.2 Å². The fourth-order valence-corrected chi connectivity index (χ4v) is 3.32. The van der Waals surface area contributed by atoms with Crippen LogP contribution in [-0.4, -0.2) is 76.0 Å². The predicted octanol–water partition coefficient (Wildman–Crippen LogP) is 0.173. The van der Waals surface area contributed by atoms with Gasteiger partial charge in [-0.25, -0.2) is 4.79 Å². The van der Waals surface area contributed by atoms with Gasteiger partial charge in [-0.05, 0) is 43.1 Å². The van der Waals surface area contributed by atoms with Crippen LogP contribution in [-0.2, 0) is 24.0 Å². The van der Waals surface area contributed by atoms with E-state index >= 15 is 0 Å². The summed E-state index contributed by atoms with van der Waals surface area (Å²) in [7, 11) is 0. The van der Waals surface area contributed by atoms with Crippen LogP contribution in [0.5, 0.6) is 0 Å². The number of nitrogens with two attached hydrogens (primary N) is 1. The Hall–Kier alpha value is -2.34. The van der Waals surface area contributed by atoms with Gasteiger partial charge in [-0.15, -0.1) is 0 Å². The lowest BCUT2D eigenvalue weighted by atomic mass is 10.00. The zero-order valence-electron chi connectivity index (χ0n) is 19.9. The molecule has 0 aromatic rings. The number of carboxylic acids is 2. The topological polar surface area (TPSA) is 188 Å². The average molecular weight is 491 g/mol. The quantitative estimate of drug-likeness (QED) is 0.175. The molecule has 11 nitrogen and oxygen atoms in total. The van der Waals surface area contributed by atoms with Gasteiger partial charge in [0.15, 0.2) is 0 Å². The molecular formula is C21H38N4O7S. The van der Waals surface area contributed by atoms with Crippen molar-refractivity contribution in [2.45, 2.75) is 77.5 Å². The first-order valence-corrected chi connectivity index (χ1v) is 12.3. The van der Waals surface area contributed by atoms with E-state index in [-0.39, 0.29) is 24.7 Å². The van der Waals surface area contributed by atoms with Crippen molar-refractivity contribution in [1.29, 1.82) is 0 Å². The standard InChI is InChI=1S/C21H38N4O7S/c1-11(2)10-15(25-20(30)17(22)12(3)4)19(29)23-13(8-9-33-5)18(28)24-14(21(31)32)6-7-16(26)27/h11-15,17H,6-10,22H2,1-5H3,(H,23,29)(H,24,28)(H,25,30)(H,26,27)(H,31,32). The summed E-state index contributed by atoms with van der Waals surface area (Å²) in [5.74, 6) is -3.91. The number of hydrogen-bond donors (Lipinski definition) is 6. The Morgan fingerprint density at radius 1 is 0.818 bits per heavy atom. The van der Waals surface area contributed by atoms with Crippen molar-refractivity contribution >= 4 is 41.4 Å². The molecule has 0 bridgehead atoms. The first-order chi connectivity index (χ1) is 15.3. The molecule has 33 heavy (non-hydrogen) atoms. The second-order valence-corrected chi connectivity index (χ2v) is 9.62. The summed E-state index contributed by atoms with van der Waals surface area (Å²) in [4.78, 5) is 60.3. The number of carboxylic acid groups (broad SMARTS) is 2. The first-order valence-electron chi connectivity index (χ1n) is 10.9. The van der Waals surface area contributed by atoms with Gasteiger partial charge in [-0.2, -0.15) is 11.8 Å². The Bertz CT molecular complexity index is 688. The lowest BCUT2D eigenvalue weighted by Crippen LogP contribution is -2.57. The van der Waals surface area contributed by atoms with Crippen LogP contribution in [0.4, 0.5) is 0 Å². The minimum Gasteiger partial charge on any atom is -0.481 e. The fourth-order valence-electron chi connectivity index (χ4n) is 2.85. The van der Waals surface area contributed by atoms with Gasteiger partial charge in [0.05, 0.1) is 6.04 Å². The number of thioether (sulfide) groups is 1. The molecule has 0 aliphatic rings. The van der Waals surface area contributed by atoms with Crippen molar-refractivity contribution in [2.24, 2.45) is 17.6 Å². The van der Waals surface area contributed by atoms with E-state index in [1.165, 1.54) is 11.8 Å². The van der Waals surface area contributed by atoms with Gasteiger partial charge in [0, 0.05) is 6.42 Å². The summed E-state index contributed by atoms with van der Waals surface area (Å²) < 4.78 is 0. The molecule has 0 aromatic carbocycles. The van der Waals surface area contributed by atoms with Crippen LogP contribution in [0.1, 0.15) is 53.4 Å². The first kappa shape index (κ1) is 30.7. The van der Waals surface area contributed by atoms with Crippen molar-refractivity contribution < 1.29 is 34.2 Å². The average Bonchev–Trinajstić information content (AvgIpc) is 2.71. The third-order valence-corrected chi connectivity index (χ3v) is 5.51. The highest BCUT2D eigenvalue weighted by Gasteiger charge is 2.31. The molecule has 0 saturated carbocycles. The van der Waals surface area contributed by atoms with Crippen LogP contribution in [0.15, 0.2) is 0 Å². The van der Waals surface area contributed by atoms with E-state index in [1.807, 2.05) is 20.1 Å². The minimum absolute atomic E-state index is 0.0576. The van der Waals surface area contributed by atoms with Gasteiger partial charge in [-0.1, -0.05) is 27.7 Å². The van der Waals surface area contributed by atoms with Crippen LogP contribution in [0.25, 0.3) is 0 Å². The van der Waals surface area contributed by atoms with E-state index < -0.39 is 60.2 Å². The lowest BCUT2D eigenvalue weighted by Gasteiger charge is -2.26. The maximum atomic E-state index is 13.0. The largest absolute Gasteiger partial charge is 0.481 e. The molecule has 0 aliphatic carbocycles. The summed E-state index contributed by atoms with van der Waals surface area (Å²) >= 11 is 1.44. The zero-order valence-corrected chi connectivity index (χ0v) is 20.7. The van der Waals surface area contributed by atoms with Crippen molar-refractivity contribution in [3.05, 3.63) is 0 Å². The smallest absolute Gasteiger partial charge is 0.326 e. The number of carbonyl (C=O) groups excluding carboxylic acids is 3. The van der Waals surface area contributed by atoms with E-state index in [4.69, 9.17) is 10.8 Å². The Kier molecular flexibility index (Phi) is 14.4. The molecule has 4 unspecified atom stereocenters. The maximum Gasteiger partial charge on any atom is 0.326 e. The van der Waals surface area contributed by atoms with Crippen LogP contribution in [0.2, 0.25) is 0 Å². The van der Waals surface area contributed by atoms with Crippen LogP contribution >= 0.6 is 11.8 Å². The SMILES string of the molecule is CSCCC(NC(=O)C(CC(C)C)NC(=O)C(N)C(C)C)C(=O)NC(CCC(=O)O)C(=O)O. The second-order valence-electron chi connectivity index (χ2n) is 8.63. The van der Waals surface area contributed by atoms with E-state index in [9.17, 15) is 29.1 Å². The summed E-state index contributed by atoms with van der Waals surface area (Å²) in [6, 6.07) is -4.18. The second kappa shape index (κ2) is 15.5. The number of hydrogen-bond acceptors (Lipinski definition) is 7. The van der Waals surface area contributed by atoms with Crippen molar-refractivity contribution in [2.75, 3.05) is 12.0 Å². The number of amides is 3. The molecule has 0 saturated heterocycles. The Morgan fingerprint density at radius 3 is 1.79 bits per heavy atom. The Morgan fingerprint density at radius 2 is 1.33 bits per heavy atom. The molecule has 190 valence electrons. The predicted molar refractivity (Wildman–Crippen MR) is 126 cm³/mol. The fraction of sp³-hybridized carbons (Fsp3) is 0.762. The van der Waals surface area contributed by atoms with E-state index in [2.05, 4.69) is 16.0 Å². The van der Waals surface area contributed by atoms with E-state index in [1.54, 1.807) is 13.8 Å².